The van der Waals surface area contributed by atoms with Crippen LogP contribution in [0.15, 0.2) is 22.7 Å². The summed E-state index contributed by atoms with van der Waals surface area (Å²) >= 11 is 0. The van der Waals surface area contributed by atoms with Gasteiger partial charge in [-0.3, -0.25) is 4.57 Å². The highest BCUT2D eigenvalue weighted by Crippen LogP contribution is 2.32. The van der Waals surface area contributed by atoms with Crippen molar-refractivity contribution in [1.82, 2.24) is 19.7 Å². The topological polar surface area (TPSA) is 50.3 Å². The van der Waals surface area contributed by atoms with Crippen molar-refractivity contribution in [2.45, 2.75) is 25.2 Å². The molecule has 0 aromatic carbocycles. The van der Waals surface area contributed by atoms with Crippen LogP contribution in [0, 0.1) is 0 Å². The lowest BCUT2D eigenvalue weighted by molar-refractivity contribution is -0.202. The van der Waals surface area contributed by atoms with E-state index in [4.69, 9.17) is 4.42 Å². The first-order valence-electron chi connectivity index (χ1n) is 7.60. The fraction of sp³-hybridized carbons (Fsp3) is 0.571. The number of anilines is 1. The third-order valence-corrected chi connectivity index (χ3v) is 4.56. The van der Waals surface area contributed by atoms with Gasteiger partial charge in [0.05, 0.1) is 0 Å². The van der Waals surface area contributed by atoms with Crippen molar-refractivity contribution < 1.29 is 17.6 Å². The van der Waals surface area contributed by atoms with E-state index in [1.165, 1.54) is 12.1 Å². The molecule has 0 atom stereocenters. The molecule has 0 spiro atoms. The highest BCUT2D eigenvalue weighted by Gasteiger charge is 2.35. The van der Waals surface area contributed by atoms with E-state index in [0.29, 0.717) is 12.1 Å². The lowest BCUT2D eigenvalue weighted by Gasteiger charge is -2.29. The number of alkyl halides is 3. The molecule has 9 heteroatoms. The minimum Gasteiger partial charge on any atom is -0.402 e. The van der Waals surface area contributed by atoms with Crippen molar-refractivity contribution in [3.63, 3.8) is 0 Å². The number of nitrogens with zero attached hydrogens (tertiary/aromatic N) is 5. The van der Waals surface area contributed by atoms with Crippen molar-refractivity contribution in [3.8, 4) is 11.6 Å². The van der Waals surface area contributed by atoms with Gasteiger partial charge in [0.2, 0.25) is 0 Å². The van der Waals surface area contributed by atoms with E-state index in [9.17, 15) is 13.2 Å². The van der Waals surface area contributed by atoms with Crippen LogP contribution in [0.25, 0.3) is 11.6 Å². The summed E-state index contributed by atoms with van der Waals surface area (Å²) in [5.74, 6) is -0.110. The van der Waals surface area contributed by atoms with Crippen LogP contribution in [0.4, 0.5) is 19.2 Å². The zero-order valence-electron chi connectivity index (χ0n) is 12.3. The SMILES string of the molecule is FC(F)(F)n1cccc1-c1nnc(N2CCN3CCC2CC3)o1. The molecular formula is C14H16F3N5O. The molecular weight excluding hydrogens is 311 g/mol. The van der Waals surface area contributed by atoms with Gasteiger partial charge < -0.3 is 14.2 Å². The Bertz CT molecular complexity index is 687. The van der Waals surface area contributed by atoms with Gasteiger partial charge in [-0.15, -0.1) is 18.3 Å². The van der Waals surface area contributed by atoms with Crippen LogP contribution < -0.4 is 4.90 Å². The molecule has 3 aliphatic heterocycles. The first-order chi connectivity index (χ1) is 11.0. The molecule has 3 saturated heterocycles. The Morgan fingerprint density at radius 2 is 1.87 bits per heavy atom. The number of fused-ring (bicyclic) bond motifs is 4. The Kier molecular flexibility index (Phi) is 3.33. The summed E-state index contributed by atoms with van der Waals surface area (Å²) in [7, 11) is 0. The molecule has 0 amide bonds. The number of rotatable bonds is 2. The monoisotopic (exact) mass is 327 g/mol. The quantitative estimate of drug-likeness (QED) is 0.847. The summed E-state index contributed by atoms with van der Waals surface area (Å²) in [6, 6.07) is 3.26. The van der Waals surface area contributed by atoms with E-state index >= 15 is 0 Å². The molecule has 0 saturated carbocycles. The fourth-order valence-corrected chi connectivity index (χ4v) is 3.35. The van der Waals surface area contributed by atoms with Gasteiger partial charge >= 0.3 is 12.3 Å². The van der Waals surface area contributed by atoms with Gasteiger partial charge in [-0.05, 0) is 25.0 Å². The van der Waals surface area contributed by atoms with Gasteiger partial charge in [-0.2, -0.15) is 0 Å². The van der Waals surface area contributed by atoms with E-state index in [-0.39, 0.29) is 16.2 Å². The second-order valence-corrected chi connectivity index (χ2v) is 5.89. The maximum absolute atomic E-state index is 13.0. The maximum Gasteiger partial charge on any atom is 0.489 e. The second-order valence-electron chi connectivity index (χ2n) is 5.89. The molecule has 124 valence electrons. The molecule has 3 aliphatic rings. The summed E-state index contributed by atoms with van der Waals surface area (Å²) in [5, 5.41) is 7.82. The van der Waals surface area contributed by atoms with Crippen LogP contribution in [0.5, 0.6) is 0 Å². The molecule has 0 N–H and O–H groups in total. The molecule has 0 radical (unpaired) electrons. The average Bonchev–Trinajstić information content (AvgIpc) is 3.10. The van der Waals surface area contributed by atoms with Gasteiger partial charge in [-0.25, -0.2) is 0 Å². The highest BCUT2D eigenvalue weighted by atomic mass is 19.4. The number of piperidine rings is 1. The van der Waals surface area contributed by atoms with Gasteiger partial charge in [-0.1, -0.05) is 5.10 Å². The summed E-state index contributed by atoms with van der Waals surface area (Å²) < 4.78 is 44.6. The molecule has 2 aromatic rings. The smallest absolute Gasteiger partial charge is 0.402 e. The number of hydrogen-bond donors (Lipinski definition) is 0. The van der Waals surface area contributed by atoms with Crippen molar-refractivity contribution in [1.29, 1.82) is 0 Å². The largest absolute Gasteiger partial charge is 0.489 e. The van der Waals surface area contributed by atoms with E-state index < -0.39 is 6.30 Å². The van der Waals surface area contributed by atoms with Gasteiger partial charge in [0.1, 0.15) is 5.69 Å². The molecule has 3 fully saturated rings. The Hall–Kier alpha value is -2.03. The average molecular weight is 327 g/mol. The van der Waals surface area contributed by atoms with Gasteiger partial charge in [0, 0.05) is 38.4 Å². The number of hydrogen-bond acceptors (Lipinski definition) is 5. The van der Waals surface area contributed by atoms with Crippen LogP contribution in [0.1, 0.15) is 12.8 Å². The second kappa shape index (κ2) is 5.26. The summed E-state index contributed by atoms with van der Waals surface area (Å²) in [4.78, 5) is 4.41. The predicted octanol–water partition coefficient (Wildman–Crippen LogP) is 2.30. The van der Waals surface area contributed by atoms with Crippen LogP contribution in [0.3, 0.4) is 0 Å². The number of aromatic nitrogens is 3. The minimum absolute atomic E-state index is 0.110. The van der Waals surface area contributed by atoms with E-state index in [0.717, 1.165) is 45.2 Å². The third-order valence-electron chi connectivity index (χ3n) is 4.56. The molecule has 5 rings (SSSR count). The van der Waals surface area contributed by atoms with E-state index in [1.54, 1.807) is 0 Å². The Balaban J connectivity index is 1.64. The Labute approximate surface area is 130 Å². The lowest BCUT2D eigenvalue weighted by atomic mass is 10.1. The molecule has 23 heavy (non-hydrogen) atoms. The first kappa shape index (κ1) is 14.6. The third kappa shape index (κ3) is 2.58. The first-order valence-corrected chi connectivity index (χ1v) is 7.60. The normalized spacial score (nSPS) is 24.9. The minimum atomic E-state index is -4.51. The van der Waals surface area contributed by atoms with E-state index in [2.05, 4.69) is 15.1 Å². The summed E-state index contributed by atoms with van der Waals surface area (Å²) in [6.07, 6.45) is -1.55. The summed E-state index contributed by atoms with van der Waals surface area (Å²) in [5.41, 5.74) is -0.140. The summed E-state index contributed by atoms with van der Waals surface area (Å²) in [6.45, 7) is 3.75. The zero-order valence-corrected chi connectivity index (χ0v) is 12.3. The molecule has 6 nitrogen and oxygen atoms in total. The molecule has 2 bridgehead atoms. The van der Waals surface area contributed by atoms with Crippen LogP contribution in [0.2, 0.25) is 0 Å². The van der Waals surface area contributed by atoms with Crippen LogP contribution in [-0.4, -0.2) is 51.9 Å². The van der Waals surface area contributed by atoms with Crippen molar-refractivity contribution in [2.75, 3.05) is 31.1 Å². The fourth-order valence-electron chi connectivity index (χ4n) is 3.35. The Morgan fingerprint density at radius 3 is 2.61 bits per heavy atom. The Morgan fingerprint density at radius 1 is 1.09 bits per heavy atom. The predicted molar refractivity (Wildman–Crippen MR) is 75.8 cm³/mol. The molecule has 0 unspecified atom stereocenters. The van der Waals surface area contributed by atoms with Crippen LogP contribution >= 0.6 is 0 Å². The van der Waals surface area contributed by atoms with Gasteiger partial charge in [0.15, 0.2) is 0 Å². The van der Waals surface area contributed by atoms with Crippen molar-refractivity contribution >= 4 is 6.01 Å². The van der Waals surface area contributed by atoms with E-state index in [1.807, 2.05) is 4.90 Å². The number of halogens is 3. The highest BCUT2D eigenvalue weighted by molar-refractivity contribution is 5.49. The molecule has 2 aromatic heterocycles. The molecule has 0 aliphatic carbocycles. The van der Waals surface area contributed by atoms with Crippen LogP contribution in [-0.2, 0) is 6.30 Å². The standard InChI is InChI=1S/C14H16F3N5O/c15-14(16,17)22-5-1-2-11(22)12-18-19-13(23-12)21-9-8-20-6-3-10(21)4-7-20/h1-2,5,10H,3-4,6-9H2. The van der Waals surface area contributed by atoms with Gasteiger partial charge in [0.25, 0.3) is 5.89 Å². The van der Waals surface area contributed by atoms with Crippen molar-refractivity contribution in [2.24, 2.45) is 0 Å². The molecule has 5 heterocycles. The lowest BCUT2D eigenvalue weighted by Crippen LogP contribution is -2.38. The maximum atomic E-state index is 13.0. The zero-order chi connectivity index (χ0) is 16.0. The van der Waals surface area contributed by atoms with Crippen molar-refractivity contribution in [3.05, 3.63) is 18.3 Å².